The zero-order chi connectivity index (χ0) is 9.14. The third-order valence-corrected chi connectivity index (χ3v) is 2.90. The van der Waals surface area contributed by atoms with Gasteiger partial charge in [-0.05, 0) is 40.0 Å². The zero-order valence-corrected chi connectivity index (χ0v) is 9.37. The van der Waals surface area contributed by atoms with Crippen molar-refractivity contribution in [3.8, 4) is 5.75 Å². The van der Waals surface area contributed by atoms with Crippen molar-refractivity contribution in [1.29, 1.82) is 0 Å². The second-order valence-electron chi connectivity index (χ2n) is 2.43. The molecule has 0 fully saturated rings. The predicted molar refractivity (Wildman–Crippen MR) is 55.1 cm³/mol. The smallest absolute Gasteiger partial charge is 0.123 e. The van der Waals surface area contributed by atoms with Crippen LogP contribution in [0.5, 0.6) is 5.75 Å². The number of benzene rings is 1. The van der Waals surface area contributed by atoms with Gasteiger partial charge >= 0.3 is 0 Å². The summed E-state index contributed by atoms with van der Waals surface area (Å²) >= 11 is 9.26. The standard InChI is InChI=1S/C9H10BrClO/c1-3-6-4-8(11)7(10)5-9(6)12-2/h4-5H,3H2,1-2H3. The number of rotatable bonds is 2. The van der Waals surface area contributed by atoms with Crippen LogP contribution in [0.3, 0.4) is 0 Å². The Morgan fingerprint density at radius 1 is 1.50 bits per heavy atom. The molecule has 0 saturated heterocycles. The minimum absolute atomic E-state index is 0.729. The summed E-state index contributed by atoms with van der Waals surface area (Å²) in [4.78, 5) is 0. The van der Waals surface area contributed by atoms with Crippen molar-refractivity contribution < 1.29 is 4.74 Å². The minimum atomic E-state index is 0.729. The molecule has 3 heteroatoms. The highest BCUT2D eigenvalue weighted by Gasteiger charge is 2.05. The van der Waals surface area contributed by atoms with Gasteiger partial charge < -0.3 is 4.74 Å². The molecule has 0 aromatic heterocycles. The summed E-state index contributed by atoms with van der Waals surface area (Å²) in [5, 5.41) is 0.729. The topological polar surface area (TPSA) is 9.23 Å². The van der Waals surface area contributed by atoms with Crippen LogP contribution in [0, 0.1) is 0 Å². The van der Waals surface area contributed by atoms with E-state index in [0.29, 0.717) is 0 Å². The summed E-state index contributed by atoms with van der Waals surface area (Å²) in [5.41, 5.74) is 1.13. The molecule has 0 heterocycles. The van der Waals surface area contributed by atoms with E-state index >= 15 is 0 Å². The molecule has 0 atom stereocenters. The quantitative estimate of drug-likeness (QED) is 0.777. The van der Waals surface area contributed by atoms with Gasteiger partial charge in [0, 0.05) is 4.47 Å². The van der Waals surface area contributed by atoms with E-state index in [2.05, 4.69) is 22.9 Å². The van der Waals surface area contributed by atoms with Crippen LogP contribution in [-0.2, 0) is 6.42 Å². The lowest BCUT2D eigenvalue weighted by molar-refractivity contribution is 0.410. The van der Waals surface area contributed by atoms with Crippen LogP contribution in [-0.4, -0.2) is 7.11 Å². The van der Waals surface area contributed by atoms with Gasteiger partial charge in [0.2, 0.25) is 0 Å². The number of halogens is 2. The number of methoxy groups -OCH3 is 1. The average Bonchev–Trinajstić information content (AvgIpc) is 2.09. The molecule has 1 rings (SSSR count). The van der Waals surface area contributed by atoms with Crippen molar-refractivity contribution in [2.24, 2.45) is 0 Å². The molecule has 0 radical (unpaired) electrons. The van der Waals surface area contributed by atoms with Crippen molar-refractivity contribution in [1.82, 2.24) is 0 Å². The highest BCUT2D eigenvalue weighted by Crippen LogP contribution is 2.30. The maximum Gasteiger partial charge on any atom is 0.123 e. The van der Waals surface area contributed by atoms with E-state index in [1.165, 1.54) is 0 Å². The molecule has 0 amide bonds. The fraction of sp³-hybridized carbons (Fsp3) is 0.333. The molecule has 0 aliphatic heterocycles. The van der Waals surface area contributed by atoms with Gasteiger partial charge in [-0.3, -0.25) is 0 Å². The fourth-order valence-corrected chi connectivity index (χ4v) is 1.54. The van der Waals surface area contributed by atoms with Gasteiger partial charge in [-0.15, -0.1) is 0 Å². The summed E-state index contributed by atoms with van der Waals surface area (Å²) in [7, 11) is 1.66. The number of ether oxygens (including phenoxy) is 1. The minimum Gasteiger partial charge on any atom is -0.496 e. The van der Waals surface area contributed by atoms with E-state index in [0.717, 1.165) is 27.2 Å². The molecule has 1 aromatic rings. The molecule has 0 unspecified atom stereocenters. The molecule has 66 valence electrons. The van der Waals surface area contributed by atoms with Gasteiger partial charge in [-0.25, -0.2) is 0 Å². The molecule has 0 N–H and O–H groups in total. The summed E-state index contributed by atoms with van der Waals surface area (Å²) in [6.07, 6.45) is 0.927. The Bertz CT molecular complexity index is 257. The Morgan fingerprint density at radius 2 is 2.17 bits per heavy atom. The van der Waals surface area contributed by atoms with E-state index in [4.69, 9.17) is 16.3 Å². The SMILES string of the molecule is CCc1cc(Cl)c(Br)cc1OC. The average molecular weight is 250 g/mol. The number of hydrogen-bond donors (Lipinski definition) is 0. The Hall–Kier alpha value is -0.210. The van der Waals surface area contributed by atoms with Gasteiger partial charge in [0.15, 0.2) is 0 Å². The molecule has 12 heavy (non-hydrogen) atoms. The van der Waals surface area contributed by atoms with Gasteiger partial charge in [-0.1, -0.05) is 18.5 Å². The van der Waals surface area contributed by atoms with Crippen LogP contribution < -0.4 is 4.74 Å². The maximum absolute atomic E-state index is 5.92. The molecule has 0 aliphatic carbocycles. The molecule has 0 bridgehead atoms. The van der Waals surface area contributed by atoms with Crippen LogP contribution in [0.1, 0.15) is 12.5 Å². The monoisotopic (exact) mass is 248 g/mol. The highest BCUT2D eigenvalue weighted by atomic mass is 79.9. The highest BCUT2D eigenvalue weighted by molar-refractivity contribution is 9.10. The second-order valence-corrected chi connectivity index (χ2v) is 3.69. The van der Waals surface area contributed by atoms with Crippen molar-refractivity contribution in [2.45, 2.75) is 13.3 Å². The molecule has 1 aromatic carbocycles. The van der Waals surface area contributed by atoms with Gasteiger partial charge in [0.25, 0.3) is 0 Å². The van der Waals surface area contributed by atoms with Gasteiger partial charge in [0.1, 0.15) is 5.75 Å². The molecule has 0 saturated carbocycles. The second kappa shape index (κ2) is 4.15. The molecule has 0 spiro atoms. The van der Waals surface area contributed by atoms with Crippen LogP contribution in [0.15, 0.2) is 16.6 Å². The maximum atomic E-state index is 5.92. The molecular weight excluding hydrogens is 239 g/mol. The van der Waals surface area contributed by atoms with Gasteiger partial charge in [-0.2, -0.15) is 0 Å². The first-order chi connectivity index (χ1) is 5.69. The number of hydrogen-bond acceptors (Lipinski definition) is 1. The van der Waals surface area contributed by atoms with E-state index in [-0.39, 0.29) is 0 Å². The van der Waals surface area contributed by atoms with E-state index in [9.17, 15) is 0 Å². The number of aryl methyl sites for hydroxylation is 1. The van der Waals surface area contributed by atoms with Crippen LogP contribution >= 0.6 is 27.5 Å². The van der Waals surface area contributed by atoms with Gasteiger partial charge in [0.05, 0.1) is 12.1 Å². The first-order valence-electron chi connectivity index (χ1n) is 3.71. The molecule has 1 nitrogen and oxygen atoms in total. The summed E-state index contributed by atoms with van der Waals surface area (Å²) < 4.78 is 6.06. The third-order valence-electron chi connectivity index (χ3n) is 1.70. The largest absolute Gasteiger partial charge is 0.496 e. The molecular formula is C9H10BrClO. The Balaban J connectivity index is 3.19. The lowest BCUT2D eigenvalue weighted by Crippen LogP contribution is -1.90. The first kappa shape index (κ1) is 9.87. The molecule has 0 aliphatic rings. The summed E-state index contributed by atoms with van der Waals surface area (Å²) in [5.74, 6) is 0.883. The lowest BCUT2D eigenvalue weighted by atomic mass is 10.1. The van der Waals surface area contributed by atoms with E-state index in [1.807, 2.05) is 12.1 Å². The van der Waals surface area contributed by atoms with E-state index in [1.54, 1.807) is 7.11 Å². The van der Waals surface area contributed by atoms with E-state index < -0.39 is 0 Å². The van der Waals surface area contributed by atoms with Crippen molar-refractivity contribution in [2.75, 3.05) is 7.11 Å². The third kappa shape index (κ3) is 1.93. The normalized spacial score (nSPS) is 10.0. The van der Waals surface area contributed by atoms with Crippen LogP contribution in [0.2, 0.25) is 5.02 Å². The predicted octanol–water partition coefficient (Wildman–Crippen LogP) is 3.67. The van der Waals surface area contributed by atoms with Crippen LogP contribution in [0.25, 0.3) is 0 Å². The van der Waals surface area contributed by atoms with Crippen molar-refractivity contribution in [3.05, 3.63) is 27.2 Å². The Labute approximate surface area is 85.8 Å². The Kier molecular flexibility index (Phi) is 3.41. The first-order valence-corrected chi connectivity index (χ1v) is 4.88. The summed E-state index contributed by atoms with van der Waals surface area (Å²) in [6.45, 7) is 2.07. The van der Waals surface area contributed by atoms with Crippen molar-refractivity contribution >= 4 is 27.5 Å². The van der Waals surface area contributed by atoms with Crippen molar-refractivity contribution in [3.63, 3.8) is 0 Å². The zero-order valence-electron chi connectivity index (χ0n) is 7.03. The lowest BCUT2D eigenvalue weighted by Gasteiger charge is -2.07. The van der Waals surface area contributed by atoms with Crippen LogP contribution in [0.4, 0.5) is 0 Å². The fourth-order valence-electron chi connectivity index (χ4n) is 1.04. The Morgan fingerprint density at radius 3 is 2.67 bits per heavy atom. The summed E-state index contributed by atoms with van der Waals surface area (Å²) in [6, 6.07) is 3.81.